The maximum absolute atomic E-state index is 13.1. The number of urea groups is 1. The molecule has 2 heterocycles. The molecule has 0 radical (unpaired) electrons. The van der Waals surface area contributed by atoms with E-state index in [0.29, 0.717) is 42.1 Å². The summed E-state index contributed by atoms with van der Waals surface area (Å²) in [6, 6.07) is 4.88. The van der Waals surface area contributed by atoms with E-state index in [1.165, 1.54) is 4.57 Å². The number of benzene rings is 1. The molecule has 2 aliphatic rings. The zero-order valence-corrected chi connectivity index (χ0v) is 17.1. The molecule has 1 saturated carbocycles. The van der Waals surface area contributed by atoms with Gasteiger partial charge in [0.05, 0.1) is 10.9 Å². The number of aromatic nitrogens is 2. The highest BCUT2D eigenvalue weighted by Gasteiger charge is 2.25. The molecule has 0 unspecified atom stereocenters. The van der Waals surface area contributed by atoms with Gasteiger partial charge in [0.25, 0.3) is 5.56 Å². The quantitative estimate of drug-likeness (QED) is 0.822. The van der Waals surface area contributed by atoms with Crippen LogP contribution < -0.4 is 22.3 Å². The second kappa shape index (κ2) is 7.67. The number of amides is 2. The first-order valence-corrected chi connectivity index (χ1v) is 10.5. The van der Waals surface area contributed by atoms with Crippen LogP contribution in [0.4, 0.5) is 10.5 Å². The summed E-state index contributed by atoms with van der Waals surface area (Å²) in [5.41, 5.74) is 6.57. The van der Waals surface area contributed by atoms with E-state index in [1.54, 1.807) is 27.7 Å². The summed E-state index contributed by atoms with van der Waals surface area (Å²) >= 11 is 0. The highest BCUT2D eigenvalue weighted by Crippen LogP contribution is 2.30. The van der Waals surface area contributed by atoms with Crippen molar-refractivity contribution in [2.45, 2.75) is 58.2 Å². The Morgan fingerprint density at radius 3 is 2.66 bits per heavy atom. The minimum Gasteiger partial charge on any atom is -0.326 e. The van der Waals surface area contributed by atoms with Gasteiger partial charge in [-0.2, -0.15) is 0 Å². The number of nitrogens with one attached hydrogen (secondary N) is 1. The summed E-state index contributed by atoms with van der Waals surface area (Å²) in [7, 11) is 0. The van der Waals surface area contributed by atoms with Crippen LogP contribution >= 0.6 is 0 Å². The molecule has 1 aliphatic heterocycles. The predicted molar refractivity (Wildman–Crippen MR) is 113 cm³/mol. The number of fused-ring (bicyclic) bond motifs is 1. The van der Waals surface area contributed by atoms with Gasteiger partial charge >= 0.3 is 11.7 Å². The molecule has 1 aromatic carbocycles. The number of hydrogen-bond donors (Lipinski definition) is 2. The van der Waals surface area contributed by atoms with Gasteiger partial charge in [-0.15, -0.1) is 0 Å². The second-order valence-corrected chi connectivity index (χ2v) is 8.62. The van der Waals surface area contributed by atoms with Crippen LogP contribution in [0.2, 0.25) is 0 Å². The zero-order valence-electron chi connectivity index (χ0n) is 17.1. The van der Waals surface area contributed by atoms with Gasteiger partial charge in [-0.25, -0.2) is 9.59 Å². The summed E-state index contributed by atoms with van der Waals surface area (Å²) in [6.45, 7) is 5.53. The number of piperidine rings is 1. The first-order chi connectivity index (χ1) is 13.8. The average molecular weight is 399 g/mol. The van der Waals surface area contributed by atoms with E-state index < -0.39 is 0 Å². The van der Waals surface area contributed by atoms with Gasteiger partial charge in [-0.1, -0.05) is 0 Å². The lowest BCUT2D eigenvalue weighted by molar-refractivity contribution is 0.193. The molecule has 0 bridgehead atoms. The highest BCUT2D eigenvalue weighted by atomic mass is 16.2. The van der Waals surface area contributed by atoms with E-state index in [0.717, 1.165) is 25.7 Å². The highest BCUT2D eigenvalue weighted by molar-refractivity contribution is 5.92. The van der Waals surface area contributed by atoms with E-state index in [1.807, 2.05) is 13.8 Å². The first kappa shape index (κ1) is 19.7. The molecular weight excluding hydrogens is 370 g/mol. The summed E-state index contributed by atoms with van der Waals surface area (Å²) < 4.78 is 3.02. The number of anilines is 1. The van der Waals surface area contributed by atoms with Gasteiger partial charge in [0.2, 0.25) is 0 Å². The van der Waals surface area contributed by atoms with E-state index >= 15 is 0 Å². The van der Waals surface area contributed by atoms with Crippen LogP contribution in [0.25, 0.3) is 10.9 Å². The maximum Gasteiger partial charge on any atom is 0.331 e. The van der Waals surface area contributed by atoms with Crippen LogP contribution in [0.3, 0.4) is 0 Å². The Morgan fingerprint density at radius 2 is 2.00 bits per heavy atom. The van der Waals surface area contributed by atoms with Crippen molar-refractivity contribution in [1.29, 1.82) is 0 Å². The maximum atomic E-state index is 13.1. The van der Waals surface area contributed by atoms with Crippen LogP contribution in [0.1, 0.15) is 45.6 Å². The number of rotatable bonds is 4. The topological polar surface area (TPSA) is 102 Å². The number of hydrogen-bond acceptors (Lipinski definition) is 4. The largest absolute Gasteiger partial charge is 0.331 e. The third-order valence-corrected chi connectivity index (χ3v) is 5.82. The van der Waals surface area contributed by atoms with Crippen LogP contribution in [-0.4, -0.2) is 39.2 Å². The van der Waals surface area contributed by atoms with Crippen molar-refractivity contribution in [3.8, 4) is 0 Å². The Kier molecular flexibility index (Phi) is 5.21. The van der Waals surface area contributed by atoms with Crippen molar-refractivity contribution in [3.63, 3.8) is 0 Å². The third kappa shape index (κ3) is 3.94. The fourth-order valence-electron chi connectivity index (χ4n) is 4.08. The second-order valence-electron chi connectivity index (χ2n) is 8.62. The average Bonchev–Trinajstić information content (AvgIpc) is 3.49. The molecule has 156 valence electrons. The Bertz CT molecular complexity index is 1050. The van der Waals surface area contributed by atoms with Gasteiger partial charge in [-0.3, -0.25) is 13.9 Å². The molecule has 1 aliphatic carbocycles. The zero-order chi connectivity index (χ0) is 20.7. The lowest BCUT2D eigenvalue weighted by Crippen LogP contribution is -2.47. The van der Waals surface area contributed by atoms with Crippen LogP contribution in [0, 0.1) is 5.92 Å². The van der Waals surface area contributed by atoms with E-state index in [4.69, 9.17) is 5.73 Å². The van der Waals surface area contributed by atoms with Crippen molar-refractivity contribution in [2.24, 2.45) is 11.7 Å². The van der Waals surface area contributed by atoms with E-state index in [2.05, 4.69) is 5.32 Å². The van der Waals surface area contributed by atoms with Gasteiger partial charge < -0.3 is 16.0 Å². The number of nitrogens with zero attached hydrogens (tertiary/aromatic N) is 3. The van der Waals surface area contributed by atoms with Crippen molar-refractivity contribution in [3.05, 3.63) is 39.0 Å². The number of carbonyl (C=O) groups is 1. The van der Waals surface area contributed by atoms with Crippen LogP contribution in [-0.2, 0) is 6.54 Å². The number of carbonyl (C=O) groups excluding carboxylic acids is 1. The summed E-state index contributed by atoms with van der Waals surface area (Å²) in [6.07, 6.45) is 3.92. The van der Waals surface area contributed by atoms with E-state index in [9.17, 15) is 14.4 Å². The van der Waals surface area contributed by atoms with Crippen molar-refractivity contribution < 1.29 is 4.79 Å². The monoisotopic (exact) mass is 399 g/mol. The Hall–Kier alpha value is -2.61. The number of nitrogens with two attached hydrogens (primary N) is 1. The lowest BCUT2D eigenvalue weighted by Gasteiger charge is -2.30. The molecule has 1 aromatic heterocycles. The van der Waals surface area contributed by atoms with Crippen molar-refractivity contribution in [2.75, 3.05) is 18.4 Å². The van der Waals surface area contributed by atoms with Crippen LogP contribution in [0.15, 0.2) is 27.8 Å². The van der Waals surface area contributed by atoms with Gasteiger partial charge in [0, 0.05) is 37.4 Å². The minimum absolute atomic E-state index is 0.00112. The molecule has 1 atom stereocenters. The summed E-state index contributed by atoms with van der Waals surface area (Å²) in [5.74, 6) is 0.407. The van der Waals surface area contributed by atoms with Crippen molar-refractivity contribution in [1.82, 2.24) is 14.0 Å². The SMILES string of the molecule is CC(C)n1c(=O)n(CC2CC2)c(=O)c2cc(NC(=O)N3CCC[C@@H](N)C3)ccc21. The molecule has 8 nitrogen and oxygen atoms in total. The smallest absolute Gasteiger partial charge is 0.326 e. The van der Waals surface area contributed by atoms with Crippen LogP contribution in [0.5, 0.6) is 0 Å². The Morgan fingerprint density at radius 1 is 1.24 bits per heavy atom. The fourth-order valence-corrected chi connectivity index (χ4v) is 4.08. The molecule has 2 amide bonds. The molecule has 4 rings (SSSR count). The van der Waals surface area contributed by atoms with Crippen molar-refractivity contribution >= 4 is 22.6 Å². The molecule has 2 aromatic rings. The number of likely N-dealkylation sites (tertiary alicyclic amines) is 1. The normalized spacial score (nSPS) is 19.7. The lowest BCUT2D eigenvalue weighted by atomic mass is 10.1. The summed E-state index contributed by atoms with van der Waals surface area (Å²) in [4.78, 5) is 40.3. The Labute approximate surface area is 169 Å². The first-order valence-electron chi connectivity index (χ1n) is 10.5. The third-order valence-electron chi connectivity index (χ3n) is 5.82. The van der Waals surface area contributed by atoms with Gasteiger partial charge in [-0.05, 0) is 63.6 Å². The molecule has 29 heavy (non-hydrogen) atoms. The molecule has 2 fully saturated rings. The molecular formula is C21H29N5O3. The predicted octanol–water partition coefficient (Wildman–Crippen LogP) is 2.11. The molecule has 1 saturated heterocycles. The molecule has 0 spiro atoms. The molecule has 3 N–H and O–H groups in total. The standard InChI is InChI=1S/C21H29N5O3/c1-13(2)26-18-8-7-16(23-20(28)24-9-3-4-15(22)12-24)10-17(18)19(27)25(21(26)29)11-14-5-6-14/h7-8,10,13-15H,3-6,9,11-12,22H2,1-2H3,(H,23,28)/t15-/m1/s1. The fraction of sp³-hybridized carbons (Fsp3) is 0.571. The minimum atomic E-state index is -0.287. The van der Waals surface area contributed by atoms with Gasteiger partial charge in [0.1, 0.15) is 0 Å². The van der Waals surface area contributed by atoms with E-state index in [-0.39, 0.29) is 29.4 Å². The Balaban J connectivity index is 1.71. The molecule has 8 heteroatoms. The summed E-state index contributed by atoms with van der Waals surface area (Å²) in [5, 5.41) is 3.33. The van der Waals surface area contributed by atoms with Gasteiger partial charge in [0.15, 0.2) is 0 Å².